The van der Waals surface area contributed by atoms with Crippen LogP contribution in [0.2, 0.25) is 0 Å². The molecule has 0 spiro atoms. The fourth-order valence-electron chi connectivity index (χ4n) is 1.28. The Morgan fingerprint density at radius 1 is 1.50 bits per heavy atom. The summed E-state index contributed by atoms with van der Waals surface area (Å²) in [7, 11) is 2.49. The Morgan fingerprint density at radius 3 is 2.71 bits per heavy atom. The molecule has 0 saturated carbocycles. The first kappa shape index (κ1) is 14.6. The van der Waals surface area contributed by atoms with Gasteiger partial charge in [-0.15, -0.1) is 0 Å². The molecule has 0 aliphatic carbocycles. The summed E-state index contributed by atoms with van der Waals surface area (Å²) in [5.74, 6) is 0.321. The number of Topliss-reactive ketones (excluding diaryl/α,β-unsaturated/α-hetero) is 1. The maximum atomic E-state index is 11.5. The maximum absolute atomic E-state index is 11.5. The van der Waals surface area contributed by atoms with Crippen molar-refractivity contribution in [2.24, 2.45) is 0 Å². The third-order valence-corrected chi connectivity index (χ3v) is 2.74. The molecule has 2 atom stereocenters. The van der Waals surface area contributed by atoms with Crippen molar-refractivity contribution in [3.8, 4) is 0 Å². The van der Waals surface area contributed by atoms with E-state index in [0.29, 0.717) is 12.2 Å². The van der Waals surface area contributed by atoms with Crippen molar-refractivity contribution in [3.63, 3.8) is 0 Å². The zero-order chi connectivity index (χ0) is 10.8. The third kappa shape index (κ3) is 7.00. The van der Waals surface area contributed by atoms with Crippen molar-refractivity contribution in [3.05, 3.63) is 0 Å². The quantitative estimate of drug-likeness (QED) is 0.379. The number of ketones is 1. The van der Waals surface area contributed by atoms with Gasteiger partial charge in [0.25, 0.3) is 0 Å². The van der Waals surface area contributed by atoms with Gasteiger partial charge in [-0.05, 0) is 0 Å². The minimum absolute atomic E-state index is 0.0507. The Labute approximate surface area is 99.1 Å². The molecule has 0 aromatic heterocycles. The summed E-state index contributed by atoms with van der Waals surface area (Å²) >= 11 is 2.77. The minimum atomic E-state index is 0.0507. The number of hydrogen-bond donors (Lipinski definition) is 2. The van der Waals surface area contributed by atoms with Crippen LogP contribution < -0.4 is 10.4 Å². The van der Waals surface area contributed by atoms with Gasteiger partial charge in [0.15, 0.2) is 0 Å². The van der Waals surface area contributed by atoms with Crippen molar-refractivity contribution in [2.75, 3.05) is 11.7 Å². The number of hydrogen-bond acceptors (Lipinski definition) is 3. The van der Waals surface area contributed by atoms with Gasteiger partial charge in [-0.1, -0.05) is 0 Å². The Balaban J connectivity index is 3.67. The van der Waals surface area contributed by atoms with Gasteiger partial charge in [-0.25, -0.2) is 0 Å². The van der Waals surface area contributed by atoms with Crippen molar-refractivity contribution in [1.29, 1.82) is 0 Å². The van der Waals surface area contributed by atoms with E-state index < -0.39 is 0 Å². The average Bonchev–Trinajstić information content (AvgIpc) is 2.21. The van der Waals surface area contributed by atoms with E-state index in [1.54, 1.807) is 0 Å². The van der Waals surface area contributed by atoms with E-state index >= 15 is 0 Å². The number of unbranched alkanes of at least 4 members (excludes halogenated alkanes) is 1. The van der Waals surface area contributed by atoms with Crippen LogP contribution in [-0.4, -0.2) is 23.5 Å². The van der Waals surface area contributed by atoms with Crippen molar-refractivity contribution in [1.82, 2.24) is 10.4 Å². The molecular weight excluding hydrogens is 286 g/mol. The average molecular weight is 306 g/mol. The van der Waals surface area contributed by atoms with Crippen LogP contribution in [-0.2, 0) is 23.1 Å². The molecule has 0 aliphatic heterocycles. The first-order valence-electron chi connectivity index (χ1n) is 4.98. The van der Waals surface area contributed by atoms with E-state index in [1.165, 1.54) is 0 Å². The molecule has 14 heavy (non-hydrogen) atoms. The van der Waals surface area contributed by atoms with Gasteiger partial charge in [-0.3, -0.25) is 0 Å². The molecule has 2 N–H and O–H groups in total. The van der Waals surface area contributed by atoms with Gasteiger partial charge in [0.1, 0.15) is 0 Å². The topological polar surface area (TPSA) is 41.1 Å². The Hall–Kier alpha value is 0.643. The van der Waals surface area contributed by atoms with Crippen LogP contribution in [0.5, 0.6) is 0 Å². The van der Waals surface area contributed by atoms with E-state index in [2.05, 4.69) is 38.1 Å². The molecule has 0 heterocycles. The Morgan fingerprint density at radius 2 is 2.21 bits per heavy atom. The molecule has 0 aromatic carbocycles. The Kier molecular flexibility index (Phi) is 10.6. The zero-order valence-electron chi connectivity index (χ0n) is 8.64. The third-order valence-electron chi connectivity index (χ3n) is 2.12. The van der Waals surface area contributed by atoms with Crippen molar-refractivity contribution < 1.29 is 23.1 Å². The predicted octanol–water partition coefficient (Wildman–Crippen LogP) is 0.978. The van der Waals surface area contributed by atoms with E-state index in [1.807, 2.05) is 6.92 Å². The van der Waals surface area contributed by atoms with Crippen molar-refractivity contribution in [2.45, 2.75) is 38.6 Å². The molecule has 86 valence electrons. The normalized spacial score (nSPS) is 12.9. The SMILES string of the molecule is CCC(=O)C(CCCCNP)N[CH2][Rh]. The van der Waals surface area contributed by atoms with Crippen LogP contribution >= 0.6 is 9.39 Å². The fraction of sp³-hybridized carbons (Fsp3) is 0.889. The summed E-state index contributed by atoms with van der Waals surface area (Å²) in [5, 5.41) is 6.97. The second-order valence-electron chi connectivity index (χ2n) is 3.14. The van der Waals surface area contributed by atoms with Crippen LogP contribution in [0.25, 0.3) is 0 Å². The predicted molar refractivity (Wildman–Crippen MR) is 58.7 cm³/mol. The van der Waals surface area contributed by atoms with Gasteiger partial charge >= 0.3 is 99.0 Å². The van der Waals surface area contributed by atoms with E-state index in [0.717, 1.165) is 30.9 Å². The van der Waals surface area contributed by atoms with Crippen LogP contribution in [0.1, 0.15) is 32.6 Å². The first-order valence-corrected chi connectivity index (χ1v) is 6.72. The van der Waals surface area contributed by atoms with Gasteiger partial charge in [0, 0.05) is 0 Å². The fourth-order valence-corrected chi connectivity index (χ4v) is 1.89. The van der Waals surface area contributed by atoms with Crippen molar-refractivity contribution >= 4 is 15.2 Å². The van der Waals surface area contributed by atoms with Gasteiger partial charge in [0.05, 0.1) is 0 Å². The molecule has 0 fully saturated rings. The molecule has 0 amide bonds. The molecule has 0 aliphatic rings. The number of nitrogens with one attached hydrogen (secondary N) is 2. The summed E-state index contributed by atoms with van der Waals surface area (Å²) in [6.45, 7) is 2.92. The van der Waals surface area contributed by atoms with Crippen LogP contribution in [0.15, 0.2) is 0 Å². The summed E-state index contributed by atoms with van der Waals surface area (Å²) in [4.78, 5) is 11.5. The van der Waals surface area contributed by atoms with E-state index in [9.17, 15) is 4.79 Å². The standard InChI is InChI=1S/C9H20N2OP.Rh/c1-3-9(12)8(10-2)6-4-5-7-11-13;/h8,10-11H,2-7,13H2,1H3;. The van der Waals surface area contributed by atoms with Gasteiger partial charge in [0.2, 0.25) is 0 Å². The second kappa shape index (κ2) is 10.2. The van der Waals surface area contributed by atoms with Crippen LogP contribution in [0.3, 0.4) is 0 Å². The molecule has 5 heteroatoms. The molecule has 2 unspecified atom stereocenters. The summed E-state index contributed by atoms with van der Waals surface area (Å²) in [6.07, 6.45) is 3.78. The van der Waals surface area contributed by atoms with Gasteiger partial charge < -0.3 is 0 Å². The number of carbonyl (C=O) groups is 1. The van der Waals surface area contributed by atoms with E-state index in [-0.39, 0.29) is 6.04 Å². The molecule has 0 bridgehead atoms. The molecular formula is C9H20N2OPRh. The molecule has 0 aromatic rings. The monoisotopic (exact) mass is 306 g/mol. The molecule has 0 saturated heterocycles. The second-order valence-corrected chi connectivity index (χ2v) is 4.13. The Bertz CT molecular complexity index is 158. The van der Waals surface area contributed by atoms with E-state index in [4.69, 9.17) is 0 Å². The zero-order valence-corrected chi connectivity index (χ0v) is 11.4. The summed E-state index contributed by atoms with van der Waals surface area (Å²) in [5.41, 5.74) is 0. The number of rotatable bonds is 9. The first-order chi connectivity index (χ1) is 6.76. The molecule has 0 rings (SSSR count). The van der Waals surface area contributed by atoms with Gasteiger partial charge in [-0.2, -0.15) is 0 Å². The summed E-state index contributed by atoms with van der Waals surface area (Å²) < 4.78 is 0. The summed E-state index contributed by atoms with van der Waals surface area (Å²) in [6, 6.07) is 0.0507. The molecule has 3 nitrogen and oxygen atoms in total. The molecule has 0 radical (unpaired) electrons. The number of carbonyl (C=O) groups excluding carboxylic acids is 1. The van der Waals surface area contributed by atoms with Crippen LogP contribution in [0, 0.1) is 0 Å². The van der Waals surface area contributed by atoms with Crippen LogP contribution in [0.4, 0.5) is 0 Å².